The Morgan fingerprint density at radius 2 is 0.960 bits per heavy atom. The number of aromatic nitrogens is 1. The van der Waals surface area contributed by atoms with E-state index in [0.717, 1.165) is 10.5 Å². The van der Waals surface area contributed by atoms with Crippen LogP contribution in [-0.4, -0.2) is 227 Å². The van der Waals surface area contributed by atoms with Crippen molar-refractivity contribution < 1.29 is 81.4 Å². The van der Waals surface area contributed by atoms with Gasteiger partial charge in [-0.1, -0.05) is 171 Å². The number of carbonyl (C=O) groups excluding carboxylic acids is 15. The average molecular weight is 1760 g/mol. The van der Waals surface area contributed by atoms with Crippen LogP contribution in [0.5, 0.6) is 0 Å². The second kappa shape index (κ2) is 51.7. The molecule has 0 spiro atoms. The second-order valence-electron chi connectivity index (χ2n) is 33.1. The molecule has 26 N–H and O–H groups in total. The van der Waals surface area contributed by atoms with Crippen LogP contribution in [0.3, 0.4) is 0 Å². The third-order valence-electron chi connectivity index (χ3n) is 21.5. The number of hydrogen-bond acceptors (Lipinski definition) is 19. The number of aliphatic hydroxyl groups is 1. The van der Waals surface area contributed by atoms with E-state index in [9.17, 15) is 72.2 Å². The fourth-order valence-corrected chi connectivity index (χ4v) is 14.4. The number of nitrogens with zero attached hydrogens (tertiary/aromatic N) is 1. The topological polar surface area (TPSA) is 606 Å². The van der Waals surface area contributed by atoms with Gasteiger partial charge in [0.2, 0.25) is 88.6 Å². The molecule has 1 aliphatic heterocycles. The summed E-state index contributed by atoms with van der Waals surface area (Å²) >= 11 is 0. The van der Waals surface area contributed by atoms with Gasteiger partial charge in [0.15, 0.2) is 5.96 Å². The summed E-state index contributed by atoms with van der Waals surface area (Å²) in [5, 5.41) is 53.5. The number of hydrogen-bond donors (Lipinski definition) is 21. The van der Waals surface area contributed by atoms with Crippen molar-refractivity contribution in [3.8, 4) is 0 Å². The summed E-state index contributed by atoms with van der Waals surface area (Å²) < 4.78 is 15.7. The van der Waals surface area contributed by atoms with E-state index in [-0.39, 0.29) is 95.1 Å². The summed E-state index contributed by atoms with van der Waals surface area (Å²) in [7, 11) is 0. The Labute approximate surface area is 733 Å². The molecule has 0 saturated carbocycles. The zero-order valence-corrected chi connectivity index (χ0v) is 72.9. The molecule has 1 aromatic heterocycles. The fourth-order valence-electron chi connectivity index (χ4n) is 14.4. The lowest BCUT2D eigenvalue weighted by Gasteiger charge is -2.31. The van der Waals surface area contributed by atoms with Gasteiger partial charge in [-0.3, -0.25) is 77.3 Å². The number of unbranched alkanes of at least 4 members (excludes halogenated alkanes) is 1. The normalized spacial score (nSPS) is 16.2. The zero-order valence-electron chi connectivity index (χ0n) is 72.9. The fraction of sp³-hybridized carbons (Fsp3) is 0.523. The highest BCUT2D eigenvalue weighted by Gasteiger charge is 2.45. The monoisotopic (exact) mass is 1750 g/mol. The van der Waals surface area contributed by atoms with Crippen LogP contribution in [0.15, 0.2) is 121 Å². The Kier molecular flexibility index (Phi) is 42.0. The molecule has 1 saturated heterocycles. The molecule has 15 atom stereocenters. The van der Waals surface area contributed by atoms with E-state index >= 15 is 9.18 Å². The summed E-state index contributed by atoms with van der Waals surface area (Å²) in [5.74, 6) is -15.1. The number of H-pyrrole nitrogens is 1. The van der Waals surface area contributed by atoms with Crippen LogP contribution in [0.2, 0.25) is 0 Å². The largest absolute Gasteiger partial charge is 0.394 e. The number of amides is 15. The van der Waals surface area contributed by atoms with Crippen molar-refractivity contribution in [3.05, 3.63) is 144 Å². The van der Waals surface area contributed by atoms with E-state index in [2.05, 4.69) is 74.1 Å². The van der Waals surface area contributed by atoms with Crippen LogP contribution in [0.25, 0.3) is 10.9 Å². The van der Waals surface area contributed by atoms with Gasteiger partial charge in [0.25, 0.3) is 0 Å². The highest BCUT2D eigenvalue weighted by atomic mass is 19.1. The predicted molar refractivity (Wildman–Crippen MR) is 470 cm³/mol. The first-order valence-corrected chi connectivity index (χ1v) is 42.8. The first-order valence-electron chi connectivity index (χ1n) is 42.8. The van der Waals surface area contributed by atoms with Crippen molar-refractivity contribution in [2.45, 2.75) is 236 Å². The van der Waals surface area contributed by atoms with Gasteiger partial charge in [0.1, 0.15) is 78.7 Å². The number of rotatable bonds is 53. The molecule has 5 aromatic rings. The van der Waals surface area contributed by atoms with Gasteiger partial charge in [-0.15, -0.1) is 0 Å². The van der Waals surface area contributed by atoms with E-state index in [1.165, 1.54) is 0 Å². The number of primary amides is 2. The van der Waals surface area contributed by atoms with Gasteiger partial charge < -0.3 is 113 Å². The minimum atomic E-state index is -1.86. The Balaban J connectivity index is 1.22. The molecule has 1 fully saturated rings. The first kappa shape index (κ1) is 102. The molecule has 4 aromatic carbocycles. The minimum Gasteiger partial charge on any atom is -0.394 e. The maximum atomic E-state index is 15.7. The Hall–Kier alpha value is -12.4. The van der Waals surface area contributed by atoms with Crippen LogP contribution < -0.4 is 97.8 Å². The highest BCUT2D eigenvalue weighted by molar-refractivity contribution is 6.01. The number of aliphatic hydroxyl groups excluding tert-OH is 1. The van der Waals surface area contributed by atoms with Gasteiger partial charge in [-0.25, -0.2) is 4.39 Å². The molecule has 38 heteroatoms. The minimum absolute atomic E-state index is 0.00722. The number of nitrogens with two attached hydrogens (primary N) is 5. The van der Waals surface area contributed by atoms with Crippen LogP contribution in [0.1, 0.15) is 148 Å². The van der Waals surface area contributed by atoms with Gasteiger partial charge in [-0.2, -0.15) is 0 Å². The number of carbonyl (C=O) groups is 15. The molecule has 6 rings (SSSR count). The lowest BCUT2D eigenvalue weighted by molar-refractivity contribution is -0.143. The van der Waals surface area contributed by atoms with Gasteiger partial charge >= 0.3 is 0 Å². The average Bonchev–Trinajstić information content (AvgIpc) is 1.65. The number of fused-ring (bicyclic) bond motifs is 1. The maximum absolute atomic E-state index is 15.7. The number of aromatic amines is 1. The number of likely N-dealkylation sites (tertiary alicyclic amines) is 1. The van der Waals surface area contributed by atoms with Crippen molar-refractivity contribution in [2.75, 3.05) is 32.8 Å². The van der Waals surface area contributed by atoms with Crippen molar-refractivity contribution in [3.63, 3.8) is 0 Å². The van der Waals surface area contributed by atoms with E-state index in [1.54, 1.807) is 163 Å². The molecule has 1 aliphatic rings. The molecule has 0 unspecified atom stereocenters. The number of alkyl halides is 1. The predicted octanol–water partition coefficient (Wildman–Crippen LogP) is -0.917. The Bertz CT molecular complexity index is 4490. The van der Waals surface area contributed by atoms with Crippen molar-refractivity contribution in [1.82, 2.24) is 79.0 Å². The molecule has 37 nitrogen and oxygen atoms in total. The Morgan fingerprint density at radius 1 is 0.500 bits per heavy atom. The standard InChI is InChI=1S/C88H128FN21O16/c1-9-52(8)74(86(125)102-64(75(93)114)38-49(2)3)109-80(119)61(33-23-37-96-88(94)95)99-72(113)46-98-77(116)65(39-50(4)5)103-81(120)66(41-54-26-15-11-16-27-54)104-78(117)62(32-21-22-36-90)100-84(123)69(48-111)107-82(121)67(42-55-28-17-12-18-29-55)105-83(122)68(43-56-45-97-60-31-20-19-30-58(56)60)106-79(118)63(34-35-71(92)112)101-85(124)70-44-57(89)47-110(70)87(126)73(51(6)7)108-76(115)59(91)40-53-24-13-10-14-25-53/h10-20,24-31,45,49-52,57,59,61-70,73-74,97,111H,9,21-23,32-44,46-48,90-91H2,1-8H3,(H2,92,112)(H2,93,114)(H,98,116)(H,99,113)(H,100,123)(H,101,124)(H,102,125)(H,103,120)(H,104,117)(H,105,122)(H,106,118)(H,107,121)(H,108,115)(H,109,119)(H4,94,95,96)/t52-,57-,59-,61-,62-,63-,64-,65-,66-,67-,68-,69-,70-,73-,74-/m0/s1. The second-order valence-corrected chi connectivity index (χ2v) is 33.1. The van der Waals surface area contributed by atoms with Crippen molar-refractivity contribution in [2.24, 2.45) is 52.3 Å². The van der Waals surface area contributed by atoms with Crippen molar-refractivity contribution >= 4 is 105 Å². The quantitative estimate of drug-likeness (QED) is 0.0127. The zero-order chi connectivity index (χ0) is 92.9. The van der Waals surface area contributed by atoms with Gasteiger partial charge in [-0.05, 0) is 116 Å². The molecule has 0 bridgehead atoms. The third-order valence-corrected chi connectivity index (χ3v) is 21.5. The summed E-state index contributed by atoms with van der Waals surface area (Å²) in [6.45, 7) is 11.9. The van der Waals surface area contributed by atoms with E-state index < -0.39 is 224 Å². The smallest absolute Gasteiger partial charge is 0.246 e. The molecular formula is C88H128FN21O16. The van der Waals surface area contributed by atoms with Crippen LogP contribution in [0.4, 0.5) is 4.39 Å². The lowest BCUT2D eigenvalue weighted by Crippen LogP contribution is -2.61. The molecular weight excluding hydrogens is 1630 g/mol. The number of benzene rings is 4. The van der Waals surface area contributed by atoms with Crippen LogP contribution in [0, 0.1) is 29.1 Å². The van der Waals surface area contributed by atoms with Gasteiger partial charge in [0, 0.05) is 55.7 Å². The van der Waals surface area contributed by atoms with E-state index in [0.29, 0.717) is 40.4 Å². The third kappa shape index (κ3) is 33.6. The van der Waals surface area contributed by atoms with Crippen molar-refractivity contribution in [1.29, 1.82) is 5.41 Å². The summed E-state index contributed by atoms with van der Waals surface area (Å²) in [4.78, 5) is 217. The maximum Gasteiger partial charge on any atom is 0.246 e. The molecule has 0 aliphatic carbocycles. The molecule has 688 valence electrons. The molecule has 126 heavy (non-hydrogen) atoms. The van der Waals surface area contributed by atoms with E-state index in [4.69, 9.17) is 34.1 Å². The highest BCUT2D eigenvalue weighted by Crippen LogP contribution is 2.26. The van der Waals surface area contributed by atoms with Crippen LogP contribution >= 0.6 is 0 Å². The number of guanidine groups is 1. The first-order chi connectivity index (χ1) is 59.9. The number of nitrogens with one attached hydrogen (secondary N) is 15. The number of halogens is 1. The summed E-state index contributed by atoms with van der Waals surface area (Å²) in [6, 6.07) is 14.0. The molecule has 0 radical (unpaired) electrons. The summed E-state index contributed by atoms with van der Waals surface area (Å²) in [6.07, 6.45) is -1.10. The SMILES string of the molecule is CC[C@H](C)[C@H](NC(=O)[C@H](CCCNC(=N)N)NC(=O)CNC(=O)[C@H](CC(C)C)NC(=O)[C@H](Cc1ccccc1)NC(=O)[C@H](CCCCN)NC(=O)[C@H](CO)NC(=O)[C@H](Cc1ccccc1)NC(=O)[C@H](Cc1c[nH]c2ccccc12)NC(=O)[C@H](CCC(N)=O)NC(=O)[C@@H]1C[C@H](F)CN1C(=O)[C@@H](NC(=O)[C@@H](N)Cc1ccccc1)C(C)C)C(=O)N[C@@H](CC(C)C)C(N)=O. The lowest BCUT2D eigenvalue weighted by atomic mass is 9.96. The molecule has 2 heterocycles. The van der Waals surface area contributed by atoms with Gasteiger partial charge in [0.05, 0.1) is 25.7 Å². The number of para-hydroxylation sites is 1. The van der Waals surface area contributed by atoms with Crippen LogP contribution in [-0.2, 0) is 97.6 Å². The summed E-state index contributed by atoms with van der Waals surface area (Å²) in [5.41, 5.74) is 31.8. The Morgan fingerprint density at radius 3 is 1.48 bits per heavy atom. The molecule has 15 amide bonds. The van der Waals surface area contributed by atoms with E-state index in [1.807, 2.05) is 13.8 Å².